The number of nitrogens with zero attached hydrogens (tertiary/aromatic N) is 5. The van der Waals surface area contributed by atoms with Gasteiger partial charge in [-0.3, -0.25) is 19.3 Å². The molecule has 0 spiro atoms. The molecule has 2 amide bonds. The van der Waals surface area contributed by atoms with Gasteiger partial charge in [-0.25, -0.2) is 4.68 Å². The maximum Gasteiger partial charge on any atom is 0.275 e. The Morgan fingerprint density at radius 2 is 1.85 bits per heavy atom. The standard InChI is InChI=1S/C19H25N5O3/c1-21(2)17(25)13-22-8-5-9-23(11-10-22)18(26)14-24-19(27)16-7-4-3-6-15(16)12-20-24/h3-4,6-7,12H,5,8-11,13-14H2,1-2H3. The van der Waals surface area contributed by atoms with Crippen LogP contribution in [0.15, 0.2) is 35.3 Å². The molecule has 8 nitrogen and oxygen atoms in total. The molecular weight excluding hydrogens is 346 g/mol. The number of carbonyl (C=O) groups is 2. The van der Waals surface area contributed by atoms with E-state index >= 15 is 0 Å². The summed E-state index contributed by atoms with van der Waals surface area (Å²) in [6, 6.07) is 7.22. The monoisotopic (exact) mass is 371 g/mol. The van der Waals surface area contributed by atoms with Crippen molar-refractivity contribution < 1.29 is 9.59 Å². The van der Waals surface area contributed by atoms with Gasteiger partial charge < -0.3 is 9.80 Å². The van der Waals surface area contributed by atoms with E-state index in [0.717, 1.165) is 18.4 Å². The Morgan fingerprint density at radius 3 is 2.63 bits per heavy atom. The summed E-state index contributed by atoms with van der Waals surface area (Å²) in [5.41, 5.74) is -0.255. The third-order valence-electron chi connectivity index (χ3n) is 4.85. The smallest absolute Gasteiger partial charge is 0.275 e. The van der Waals surface area contributed by atoms with Gasteiger partial charge in [0.25, 0.3) is 5.56 Å². The molecule has 0 saturated carbocycles. The van der Waals surface area contributed by atoms with E-state index in [4.69, 9.17) is 0 Å². The first kappa shape index (κ1) is 19.0. The van der Waals surface area contributed by atoms with Crippen molar-refractivity contribution in [3.8, 4) is 0 Å². The highest BCUT2D eigenvalue weighted by molar-refractivity contribution is 5.81. The van der Waals surface area contributed by atoms with Gasteiger partial charge in [-0.05, 0) is 12.5 Å². The Morgan fingerprint density at radius 1 is 1.07 bits per heavy atom. The average molecular weight is 371 g/mol. The van der Waals surface area contributed by atoms with Crippen LogP contribution in [-0.4, -0.2) is 83.1 Å². The molecule has 0 bridgehead atoms. The normalized spacial score (nSPS) is 15.6. The number of benzene rings is 1. The van der Waals surface area contributed by atoms with E-state index in [9.17, 15) is 14.4 Å². The van der Waals surface area contributed by atoms with E-state index in [-0.39, 0.29) is 23.9 Å². The lowest BCUT2D eigenvalue weighted by Gasteiger charge is -2.22. The molecule has 144 valence electrons. The number of fused-ring (bicyclic) bond motifs is 1. The molecule has 0 atom stereocenters. The largest absolute Gasteiger partial charge is 0.348 e. The Bertz CT molecular complexity index is 892. The van der Waals surface area contributed by atoms with Crippen LogP contribution in [0.25, 0.3) is 10.8 Å². The second-order valence-electron chi connectivity index (χ2n) is 6.99. The molecule has 0 radical (unpaired) electrons. The first-order valence-electron chi connectivity index (χ1n) is 9.11. The highest BCUT2D eigenvalue weighted by Gasteiger charge is 2.21. The number of hydrogen-bond donors (Lipinski definition) is 0. The van der Waals surface area contributed by atoms with Crippen LogP contribution in [0.2, 0.25) is 0 Å². The average Bonchev–Trinajstić information content (AvgIpc) is 2.90. The second kappa shape index (κ2) is 8.30. The maximum atomic E-state index is 12.7. The summed E-state index contributed by atoms with van der Waals surface area (Å²) in [5.74, 6) is -0.0673. The van der Waals surface area contributed by atoms with E-state index in [1.807, 2.05) is 12.1 Å². The molecule has 3 rings (SSSR count). The molecule has 8 heteroatoms. The van der Waals surface area contributed by atoms with Gasteiger partial charge in [0.15, 0.2) is 0 Å². The second-order valence-corrected chi connectivity index (χ2v) is 6.99. The van der Waals surface area contributed by atoms with Gasteiger partial charge >= 0.3 is 0 Å². The molecule has 2 aromatic rings. The van der Waals surface area contributed by atoms with Gasteiger partial charge in [-0.2, -0.15) is 5.10 Å². The number of amides is 2. The molecule has 2 heterocycles. The molecule has 27 heavy (non-hydrogen) atoms. The molecule has 0 N–H and O–H groups in total. The predicted octanol–water partition coefficient (Wildman–Crippen LogP) is 0.0190. The van der Waals surface area contributed by atoms with Gasteiger partial charge in [0, 0.05) is 45.7 Å². The van der Waals surface area contributed by atoms with Crippen molar-refractivity contribution in [1.29, 1.82) is 0 Å². The first-order chi connectivity index (χ1) is 13.0. The van der Waals surface area contributed by atoms with E-state index < -0.39 is 0 Å². The van der Waals surface area contributed by atoms with E-state index in [1.54, 1.807) is 42.2 Å². The van der Waals surface area contributed by atoms with Crippen LogP contribution in [0, 0.1) is 0 Å². The summed E-state index contributed by atoms with van der Waals surface area (Å²) in [7, 11) is 3.48. The molecule has 0 aliphatic carbocycles. The zero-order valence-electron chi connectivity index (χ0n) is 15.8. The highest BCUT2D eigenvalue weighted by atomic mass is 16.2. The Balaban J connectivity index is 1.64. The Kier molecular flexibility index (Phi) is 5.85. The molecular formula is C19H25N5O3. The van der Waals surface area contributed by atoms with Crippen molar-refractivity contribution in [3.05, 3.63) is 40.8 Å². The zero-order chi connectivity index (χ0) is 19.4. The number of hydrogen-bond acceptors (Lipinski definition) is 5. The third kappa shape index (κ3) is 4.51. The Hall–Kier alpha value is -2.74. The van der Waals surface area contributed by atoms with E-state index in [1.165, 1.54) is 4.68 Å². The number of aromatic nitrogens is 2. The SMILES string of the molecule is CN(C)C(=O)CN1CCCN(C(=O)Cn2ncc3ccccc3c2=O)CC1. The summed E-state index contributed by atoms with van der Waals surface area (Å²) in [6.07, 6.45) is 2.41. The maximum absolute atomic E-state index is 12.7. The van der Waals surface area contributed by atoms with E-state index in [0.29, 0.717) is 31.6 Å². The molecule has 1 aliphatic heterocycles. The number of likely N-dealkylation sites (N-methyl/N-ethyl adjacent to an activating group) is 1. The van der Waals surface area contributed by atoms with Crippen molar-refractivity contribution in [2.24, 2.45) is 0 Å². The molecule has 1 aromatic carbocycles. The van der Waals surface area contributed by atoms with Crippen LogP contribution in [0.1, 0.15) is 6.42 Å². The van der Waals surface area contributed by atoms with Crippen molar-refractivity contribution in [2.75, 3.05) is 46.8 Å². The van der Waals surface area contributed by atoms with Crippen LogP contribution in [0.3, 0.4) is 0 Å². The first-order valence-corrected chi connectivity index (χ1v) is 9.11. The summed E-state index contributed by atoms with van der Waals surface area (Å²) in [4.78, 5) is 42.5. The van der Waals surface area contributed by atoms with Crippen molar-refractivity contribution in [2.45, 2.75) is 13.0 Å². The van der Waals surface area contributed by atoms with Crippen LogP contribution < -0.4 is 5.56 Å². The predicted molar refractivity (Wildman–Crippen MR) is 102 cm³/mol. The fourth-order valence-corrected chi connectivity index (χ4v) is 3.18. The van der Waals surface area contributed by atoms with Crippen LogP contribution in [0.5, 0.6) is 0 Å². The van der Waals surface area contributed by atoms with E-state index in [2.05, 4.69) is 10.00 Å². The summed E-state index contributed by atoms with van der Waals surface area (Å²) >= 11 is 0. The third-order valence-corrected chi connectivity index (χ3v) is 4.85. The van der Waals surface area contributed by atoms with Gasteiger partial charge in [-0.15, -0.1) is 0 Å². The zero-order valence-corrected chi connectivity index (χ0v) is 15.8. The fraction of sp³-hybridized carbons (Fsp3) is 0.474. The molecule has 1 aromatic heterocycles. The summed E-state index contributed by atoms with van der Waals surface area (Å²) in [5, 5.41) is 5.46. The summed E-state index contributed by atoms with van der Waals surface area (Å²) < 4.78 is 1.23. The minimum Gasteiger partial charge on any atom is -0.348 e. The quantitative estimate of drug-likeness (QED) is 0.757. The van der Waals surface area contributed by atoms with Crippen molar-refractivity contribution in [1.82, 2.24) is 24.5 Å². The minimum atomic E-state index is -0.255. The van der Waals surface area contributed by atoms with Gasteiger partial charge in [0.2, 0.25) is 11.8 Å². The topological polar surface area (TPSA) is 78.8 Å². The molecule has 0 unspecified atom stereocenters. The highest BCUT2D eigenvalue weighted by Crippen LogP contribution is 2.08. The summed E-state index contributed by atoms with van der Waals surface area (Å²) in [6.45, 7) is 2.87. The van der Waals surface area contributed by atoms with Crippen LogP contribution in [0.4, 0.5) is 0 Å². The lowest BCUT2D eigenvalue weighted by molar-refractivity contribution is -0.132. The lowest BCUT2D eigenvalue weighted by atomic mass is 10.2. The lowest BCUT2D eigenvalue weighted by Crippen LogP contribution is -2.41. The minimum absolute atomic E-state index is 0.0571. The molecule has 1 saturated heterocycles. The van der Waals surface area contributed by atoms with Gasteiger partial charge in [0.05, 0.1) is 18.1 Å². The van der Waals surface area contributed by atoms with Crippen LogP contribution >= 0.6 is 0 Å². The fourth-order valence-electron chi connectivity index (χ4n) is 3.18. The van der Waals surface area contributed by atoms with Crippen LogP contribution in [-0.2, 0) is 16.1 Å². The van der Waals surface area contributed by atoms with Crippen molar-refractivity contribution in [3.63, 3.8) is 0 Å². The molecule has 1 aliphatic rings. The van der Waals surface area contributed by atoms with Gasteiger partial charge in [0.1, 0.15) is 6.54 Å². The number of carbonyl (C=O) groups excluding carboxylic acids is 2. The van der Waals surface area contributed by atoms with Crippen molar-refractivity contribution >= 4 is 22.6 Å². The molecule has 1 fully saturated rings. The Labute approximate surface area is 158 Å². The van der Waals surface area contributed by atoms with Gasteiger partial charge in [-0.1, -0.05) is 18.2 Å². The number of rotatable bonds is 4.